The minimum absolute atomic E-state index is 0.290. The molecule has 0 fully saturated rings. The Bertz CT molecular complexity index is 1260. The molecule has 2 aliphatic heterocycles. The lowest BCUT2D eigenvalue weighted by molar-refractivity contribution is -0.686. The van der Waals surface area contributed by atoms with Crippen LogP contribution in [0.15, 0.2) is 34.9 Å². The minimum atomic E-state index is -5.19. The first kappa shape index (κ1) is 23.0. The van der Waals surface area contributed by atoms with Crippen molar-refractivity contribution in [2.75, 3.05) is 21.0 Å². The average Bonchev–Trinajstić information content (AvgIpc) is 3.23. The summed E-state index contributed by atoms with van der Waals surface area (Å²) in [5.41, 5.74) is 3.62. The number of hydrogen-bond acceptors (Lipinski definition) is 6. The van der Waals surface area contributed by atoms with Crippen LogP contribution in [0.5, 0.6) is 23.0 Å². The molecule has 0 unspecified atom stereocenters. The van der Waals surface area contributed by atoms with Crippen LogP contribution >= 0.6 is 15.9 Å². The van der Waals surface area contributed by atoms with Gasteiger partial charge in [-0.05, 0) is 23.8 Å². The number of ether oxygens (including phenoxy) is 4. The monoisotopic (exact) mass is 527 g/mol. The second-order valence-corrected chi connectivity index (χ2v) is 8.03. The third-order valence-corrected chi connectivity index (χ3v) is 5.96. The molecule has 11 heteroatoms. The van der Waals surface area contributed by atoms with Crippen molar-refractivity contribution < 1.29 is 46.6 Å². The molecule has 3 aromatic rings. The Balaban J connectivity index is 0.000000325. The number of alkyl halides is 3. The van der Waals surface area contributed by atoms with Crippen molar-refractivity contribution in [3.05, 3.63) is 40.5 Å². The Labute approximate surface area is 194 Å². The summed E-state index contributed by atoms with van der Waals surface area (Å²) in [7, 11) is 3.33. The molecule has 0 atom stereocenters. The number of carbonyl (C=O) groups excluding carboxylic acids is 1. The topological polar surface area (TPSA) is 80.9 Å². The Morgan fingerprint density at radius 2 is 1.76 bits per heavy atom. The minimum Gasteiger partial charge on any atom is -0.542 e. The Morgan fingerprint density at radius 3 is 2.36 bits per heavy atom. The van der Waals surface area contributed by atoms with Crippen LogP contribution in [0.1, 0.15) is 5.56 Å². The number of carboxylic acid groups (broad SMARTS) is 1. The predicted molar refractivity (Wildman–Crippen MR) is 111 cm³/mol. The van der Waals surface area contributed by atoms with Crippen LogP contribution in [-0.4, -0.2) is 33.2 Å². The van der Waals surface area contributed by atoms with Gasteiger partial charge in [0.05, 0.1) is 25.2 Å². The molecule has 0 amide bonds. The summed E-state index contributed by atoms with van der Waals surface area (Å²) in [6, 6.07) is 8.33. The van der Waals surface area contributed by atoms with Gasteiger partial charge in [0.2, 0.25) is 12.5 Å². The highest BCUT2D eigenvalue weighted by molar-refractivity contribution is 9.10. The summed E-state index contributed by atoms with van der Waals surface area (Å²) in [5.74, 6) is 0.103. The van der Waals surface area contributed by atoms with E-state index in [0.29, 0.717) is 12.5 Å². The maximum Gasteiger partial charge on any atom is 0.430 e. The van der Waals surface area contributed by atoms with Gasteiger partial charge in [0, 0.05) is 22.3 Å². The molecular weight excluding hydrogens is 511 g/mol. The normalized spacial score (nSPS) is 13.5. The molecule has 174 valence electrons. The molecule has 1 aromatic heterocycles. The lowest BCUT2D eigenvalue weighted by Crippen LogP contribution is -2.40. The Morgan fingerprint density at radius 1 is 1.09 bits per heavy atom. The van der Waals surface area contributed by atoms with Crippen molar-refractivity contribution in [3.63, 3.8) is 0 Å². The van der Waals surface area contributed by atoms with Crippen LogP contribution in [0.25, 0.3) is 22.0 Å². The highest BCUT2D eigenvalue weighted by Crippen LogP contribution is 2.43. The van der Waals surface area contributed by atoms with Crippen LogP contribution < -0.4 is 28.6 Å². The number of carbonyl (C=O) groups is 1. The number of methoxy groups -OCH3 is 2. The van der Waals surface area contributed by atoms with E-state index in [4.69, 9.17) is 28.8 Å². The standard InChI is InChI=1S/C20H17BrNO4.C2HF3O2/c1-23-19-8-15(21)13-6-16-12-7-18-17(25-10-26-18)5-11(12)3-4-22(16)9-14(13)20(19)24-2;3-2(4,5)1(6)7/h5-9H,3-4,10H2,1-2H3;(H,6,7)/q+1;/p-1. The summed E-state index contributed by atoms with van der Waals surface area (Å²) >= 11 is 3.68. The van der Waals surface area contributed by atoms with E-state index in [2.05, 4.69) is 44.9 Å². The van der Waals surface area contributed by atoms with Crippen molar-refractivity contribution in [2.24, 2.45) is 0 Å². The number of hydrogen-bond donors (Lipinski definition) is 0. The van der Waals surface area contributed by atoms with Gasteiger partial charge in [0.15, 0.2) is 35.7 Å². The summed E-state index contributed by atoms with van der Waals surface area (Å²) in [4.78, 5) is 8.78. The fourth-order valence-electron chi connectivity index (χ4n) is 3.81. The van der Waals surface area contributed by atoms with Crippen LogP contribution in [0, 0.1) is 0 Å². The van der Waals surface area contributed by atoms with E-state index in [0.717, 1.165) is 51.2 Å². The lowest BCUT2D eigenvalue weighted by atomic mass is 9.95. The van der Waals surface area contributed by atoms with Gasteiger partial charge in [-0.15, -0.1) is 0 Å². The van der Waals surface area contributed by atoms with Gasteiger partial charge in [-0.3, -0.25) is 0 Å². The zero-order chi connectivity index (χ0) is 23.9. The maximum atomic E-state index is 10.5. The van der Waals surface area contributed by atoms with E-state index < -0.39 is 12.1 Å². The second kappa shape index (κ2) is 8.62. The van der Waals surface area contributed by atoms with Crippen molar-refractivity contribution in [2.45, 2.75) is 19.1 Å². The average molecular weight is 528 g/mol. The first-order chi connectivity index (χ1) is 15.6. The van der Waals surface area contributed by atoms with Gasteiger partial charge in [0.25, 0.3) is 0 Å². The van der Waals surface area contributed by atoms with E-state index in [1.54, 1.807) is 14.2 Å². The maximum absolute atomic E-state index is 10.5. The van der Waals surface area contributed by atoms with Crippen molar-refractivity contribution in [1.29, 1.82) is 0 Å². The molecule has 0 N–H and O–H groups in total. The molecule has 0 saturated carbocycles. The third-order valence-electron chi connectivity index (χ3n) is 5.30. The Hall–Kier alpha value is -3.21. The van der Waals surface area contributed by atoms with Crippen LogP contribution in [0.2, 0.25) is 0 Å². The second-order valence-electron chi connectivity index (χ2n) is 7.17. The smallest absolute Gasteiger partial charge is 0.430 e. The van der Waals surface area contributed by atoms with Crippen molar-refractivity contribution >= 4 is 32.7 Å². The first-order valence-corrected chi connectivity index (χ1v) is 10.4. The van der Waals surface area contributed by atoms with Crippen molar-refractivity contribution in [1.82, 2.24) is 0 Å². The number of carboxylic acids is 1. The number of rotatable bonds is 2. The molecule has 2 aromatic carbocycles. The molecular formula is C22H17BrF3NO6. The predicted octanol–water partition coefficient (Wildman–Crippen LogP) is 3.16. The van der Waals surface area contributed by atoms with Crippen LogP contribution in [0.4, 0.5) is 13.2 Å². The number of aryl methyl sites for hydroxylation is 2. The van der Waals surface area contributed by atoms with Crippen LogP contribution in [0.3, 0.4) is 0 Å². The highest BCUT2D eigenvalue weighted by atomic mass is 79.9. The molecule has 0 spiro atoms. The van der Waals surface area contributed by atoms with E-state index in [1.165, 1.54) is 11.1 Å². The van der Waals surface area contributed by atoms with Gasteiger partial charge < -0.3 is 28.8 Å². The number of halogens is 4. The van der Waals surface area contributed by atoms with E-state index >= 15 is 0 Å². The molecule has 5 rings (SSSR count). The van der Waals surface area contributed by atoms with E-state index in [-0.39, 0.29) is 0 Å². The number of benzene rings is 2. The molecule has 0 radical (unpaired) electrons. The van der Waals surface area contributed by atoms with E-state index in [1.807, 2.05) is 6.07 Å². The van der Waals surface area contributed by atoms with Gasteiger partial charge in [-0.2, -0.15) is 17.7 Å². The number of nitrogens with zero attached hydrogens (tertiary/aromatic N) is 1. The SMILES string of the molecule is COc1cc(Br)c2cc3[n+](cc2c1OC)CCc1cc2c(cc1-3)OCO2.O=C([O-])C(F)(F)F. The summed E-state index contributed by atoms with van der Waals surface area (Å²) in [6.45, 7) is 1.19. The summed E-state index contributed by atoms with van der Waals surface area (Å²) in [5, 5.41) is 10.9. The summed E-state index contributed by atoms with van der Waals surface area (Å²) in [6.07, 6.45) is -2.10. The number of pyridine rings is 1. The van der Waals surface area contributed by atoms with Crippen LogP contribution in [-0.2, 0) is 17.8 Å². The number of aromatic nitrogens is 1. The zero-order valence-corrected chi connectivity index (χ0v) is 19.0. The fourth-order valence-corrected chi connectivity index (χ4v) is 4.35. The van der Waals surface area contributed by atoms with Crippen molar-refractivity contribution in [3.8, 4) is 34.3 Å². The highest BCUT2D eigenvalue weighted by Gasteiger charge is 2.30. The summed E-state index contributed by atoms with van der Waals surface area (Å²) < 4.78 is 57.0. The van der Waals surface area contributed by atoms with Gasteiger partial charge in [0.1, 0.15) is 5.97 Å². The molecule has 7 nitrogen and oxygen atoms in total. The number of fused-ring (bicyclic) bond motifs is 5. The lowest BCUT2D eigenvalue weighted by Gasteiger charge is -2.18. The molecule has 0 aliphatic carbocycles. The molecule has 2 aliphatic rings. The molecule has 0 bridgehead atoms. The molecule has 3 heterocycles. The molecule has 33 heavy (non-hydrogen) atoms. The zero-order valence-electron chi connectivity index (χ0n) is 17.4. The fraction of sp³-hybridized carbons (Fsp3) is 0.273. The van der Waals surface area contributed by atoms with Gasteiger partial charge in [-0.1, -0.05) is 15.9 Å². The Kier molecular flexibility index (Phi) is 6.00. The largest absolute Gasteiger partial charge is 0.542 e. The number of aliphatic carboxylic acids is 1. The third kappa shape index (κ3) is 4.24. The van der Waals surface area contributed by atoms with E-state index in [9.17, 15) is 13.2 Å². The van der Waals surface area contributed by atoms with Gasteiger partial charge in [-0.25, -0.2) is 0 Å². The quantitative estimate of drug-likeness (QED) is 0.476. The molecule has 0 saturated heterocycles. The van der Waals surface area contributed by atoms with Gasteiger partial charge >= 0.3 is 6.18 Å². The first-order valence-electron chi connectivity index (χ1n) is 9.62.